The van der Waals surface area contributed by atoms with E-state index < -0.39 is 0 Å². The zero-order valence-electron chi connectivity index (χ0n) is 13.6. The molecule has 1 saturated heterocycles. The monoisotopic (exact) mass is 304 g/mol. The smallest absolute Gasteiger partial charge is 0.224 e. The Kier molecular flexibility index (Phi) is 7.23. The van der Waals surface area contributed by atoms with Crippen LogP contribution < -0.4 is 10.1 Å². The minimum Gasteiger partial charge on any atom is -0.494 e. The Balaban J connectivity index is 1.56. The maximum atomic E-state index is 11.9. The Morgan fingerprint density at radius 1 is 1.18 bits per heavy atom. The van der Waals surface area contributed by atoms with Gasteiger partial charge >= 0.3 is 0 Å². The first-order valence-corrected chi connectivity index (χ1v) is 8.48. The molecule has 0 aromatic heterocycles. The van der Waals surface area contributed by atoms with E-state index in [1.165, 1.54) is 38.9 Å². The van der Waals surface area contributed by atoms with E-state index in [1.54, 1.807) is 0 Å². The van der Waals surface area contributed by atoms with Gasteiger partial charge in [0.2, 0.25) is 5.91 Å². The van der Waals surface area contributed by atoms with Crippen molar-refractivity contribution >= 4 is 5.91 Å². The number of carbonyl (C=O) groups excluding carboxylic acids is 1. The van der Waals surface area contributed by atoms with Gasteiger partial charge in [-0.15, -0.1) is 0 Å². The Bertz CT molecular complexity index is 439. The molecule has 1 aromatic rings. The van der Waals surface area contributed by atoms with Crippen LogP contribution in [0.1, 0.15) is 38.2 Å². The molecule has 1 heterocycles. The maximum Gasteiger partial charge on any atom is 0.224 e. The first-order valence-electron chi connectivity index (χ1n) is 8.48. The summed E-state index contributed by atoms with van der Waals surface area (Å²) < 4.78 is 5.40. The fraction of sp³-hybridized carbons (Fsp3) is 0.611. The highest BCUT2D eigenvalue weighted by Crippen LogP contribution is 2.12. The molecule has 2 rings (SSSR count). The summed E-state index contributed by atoms with van der Waals surface area (Å²) in [4.78, 5) is 14.4. The summed E-state index contributed by atoms with van der Waals surface area (Å²) in [6.45, 7) is 7.09. The molecular formula is C18H28N2O2. The van der Waals surface area contributed by atoms with Gasteiger partial charge in [-0.1, -0.05) is 12.1 Å². The number of carbonyl (C=O) groups is 1. The number of benzene rings is 1. The van der Waals surface area contributed by atoms with E-state index in [0.29, 0.717) is 13.0 Å². The minimum atomic E-state index is 0.102. The molecule has 0 unspecified atom stereocenters. The summed E-state index contributed by atoms with van der Waals surface area (Å²) in [5.41, 5.74) is 1.03. The molecule has 1 aromatic carbocycles. The van der Waals surface area contributed by atoms with Crippen molar-refractivity contribution in [3.63, 3.8) is 0 Å². The first kappa shape index (κ1) is 16.8. The summed E-state index contributed by atoms with van der Waals surface area (Å²) in [6, 6.07) is 7.75. The molecule has 1 aliphatic rings. The number of hydrogen-bond donors (Lipinski definition) is 1. The minimum absolute atomic E-state index is 0.102. The van der Waals surface area contributed by atoms with Crippen LogP contribution in [0.4, 0.5) is 0 Å². The Morgan fingerprint density at radius 2 is 1.91 bits per heavy atom. The molecule has 0 spiro atoms. The van der Waals surface area contributed by atoms with Gasteiger partial charge in [-0.25, -0.2) is 0 Å². The number of unbranched alkanes of at least 4 members (excludes halogenated alkanes) is 1. The molecule has 0 bridgehead atoms. The van der Waals surface area contributed by atoms with Crippen LogP contribution in [-0.4, -0.2) is 43.6 Å². The quantitative estimate of drug-likeness (QED) is 0.713. The number of rotatable bonds is 9. The van der Waals surface area contributed by atoms with E-state index in [2.05, 4.69) is 10.2 Å². The van der Waals surface area contributed by atoms with Crippen LogP contribution in [0, 0.1) is 0 Å². The number of hydrogen-bond acceptors (Lipinski definition) is 3. The van der Waals surface area contributed by atoms with E-state index in [0.717, 1.165) is 24.3 Å². The predicted octanol–water partition coefficient (Wildman–Crippen LogP) is 2.62. The lowest BCUT2D eigenvalue weighted by atomic mass is 10.1. The number of likely N-dealkylation sites (tertiary alicyclic amines) is 1. The van der Waals surface area contributed by atoms with Gasteiger partial charge in [0, 0.05) is 6.54 Å². The molecule has 4 nitrogen and oxygen atoms in total. The van der Waals surface area contributed by atoms with Crippen LogP contribution in [0.15, 0.2) is 24.3 Å². The number of amides is 1. The summed E-state index contributed by atoms with van der Waals surface area (Å²) in [5.74, 6) is 0.957. The van der Waals surface area contributed by atoms with Gasteiger partial charge in [0.05, 0.1) is 13.0 Å². The van der Waals surface area contributed by atoms with Crippen molar-refractivity contribution in [1.82, 2.24) is 10.2 Å². The number of ether oxygens (including phenoxy) is 1. The van der Waals surface area contributed by atoms with E-state index >= 15 is 0 Å². The third-order valence-corrected chi connectivity index (χ3v) is 4.02. The average molecular weight is 304 g/mol. The Morgan fingerprint density at radius 3 is 2.59 bits per heavy atom. The summed E-state index contributed by atoms with van der Waals surface area (Å²) >= 11 is 0. The van der Waals surface area contributed by atoms with Crippen LogP contribution in [0.5, 0.6) is 5.75 Å². The molecule has 22 heavy (non-hydrogen) atoms. The standard InChI is InChI=1S/C18H28N2O2/c1-2-22-17-9-7-16(8-10-17)15-18(21)19-11-3-4-12-20-13-5-6-14-20/h7-10H,2-6,11-15H2,1H3,(H,19,21). The molecule has 1 amide bonds. The van der Waals surface area contributed by atoms with Crippen molar-refractivity contribution < 1.29 is 9.53 Å². The second-order valence-corrected chi connectivity index (χ2v) is 5.86. The lowest BCUT2D eigenvalue weighted by Gasteiger charge is -2.14. The van der Waals surface area contributed by atoms with Gasteiger partial charge in [-0.2, -0.15) is 0 Å². The van der Waals surface area contributed by atoms with Crippen LogP contribution in [0.3, 0.4) is 0 Å². The number of nitrogens with zero attached hydrogens (tertiary/aromatic N) is 1. The molecule has 0 saturated carbocycles. The average Bonchev–Trinajstić information content (AvgIpc) is 3.02. The van der Waals surface area contributed by atoms with E-state index in [1.807, 2.05) is 31.2 Å². The molecule has 1 fully saturated rings. The molecule has 1 N–H and O–H groups in total. The first-order chi connectivity index (χ1) is 10.8. The number of nitrogens with one attached hydrogen (secondary N) is 1. The fourth-order valence-corrected chi connectivity index (χ4v) is 2.81. The normalized spacial score (nSPS) is 15.0. The maximum absolute atomic E-state index is 11.9. The topological polar surface area (TPSA) is 41.6 Å². The second-order valence-electron chi connectivity index (χ2n) is 5.86. The van der Waals surface area contributed by atoms with Crippen molar-refractivity contribution in [3.8, 4) is 5.75 Å². The SMILES string of the molecule is CCOc1ccc(CC(=O)NCCCCN2CCCC2)cc1. The molecule has 0 atom stereocenters. The third-order valence-electron chi connectivity index (χ3n) is 4.02. The lowest BCUT2D eigenvalue weighted by molar-refractivity contribution is -0.120. The van der Waals surface area contributed by atoms with Gasteiger partial charge < -0.3 is 15.0 Å². The highest BCUT2D eigenvalue weighted by molar-refractivity contribution is 5.78. The van der Waals surface area contributed by atoms with Crippen molar-refractivity contribution in [2.75, 3.05) is 32.8 Å². The van der Waals surface area contributed by atoms with Crippen LogP contribution in [0.25, 0.3) is 0 Å². The fourth-order valence-electron chi connectivity index (χ4n) is 2.81. The zero-order chi connectivity index (χ0) is 15.6. The molecular weight excluding hydrogens is 276 g/mol. The highest BCUT2D eigenvalue weighted by Gasteiger charge is 2.10. The molecule has 0 aliphatic carbocycles. The molecule has 0 radical (unpaired) electrons. The van der Waals surface area contributed by atoms with E-state index in [9.17, 15) is 4.79 Å². The zero-order valence-corrected chi connectivity index (χ0v) is 13.6. The lowest BCUT2D eigenvalue weighted by Crippen LogP contribution is -2.27. The van der Waals surface area contributed by atoms with Crippen molar-refractivity contribution in [2.45, 2.75) is 39.0 Å². The Hall–Kier alpha value is -1.55. The van der Waals surface area contributed by atoms with E-state index in [-0.39, 0.29) is 5.91 Å². The summed E-state index contributed by atoms with van der Waals surface area (Å²) in [5, 5.41) is 3.01. The predicted molar refractivity (Wildman–Crippen MR) is 89.2 cm³/mol. The van der Waals surface area contributed by atoms with Crippen molar-refractivity contribution in [3.05, 3.63) is 29.8 Å². The van der Waals surface area contributed by atoms with Crippen molar-refractivity contribution in [2.24, 2.45) is 0 Å². The second kappa shape index (κ2) is 9.46. The molecule has 1 aliphatic heterocycles. The van der Waals surface area contributed by atoms with E-state index in [4.69, 9.17) is 4.74 Å². The van der Waals surface area contributed by atoms with Gasteiger partial charge in [0.15, 0.2) is 0 Å². The summed E-state index contributed by atoms with van der Waals surface area (Å²) in [7, 11) is 0. The van der Waals surface area contributed by atoms with Crippen LogP contribution >= 0.6 is 0 Å². The third kappa shape index (κ3) is 6.06. The van der Waals surface area contributed by atoms with Gasteiger partial charge in [-0.05, 0) is 69.9 Å². The van der Waals surface area contributed by atoms with Crippen LogP contribution in [0.2, 0.25) is 0 Å². The Labute approximate surface area is 133 Å². The largest absolute Gasteiger partial charge is 0.494 e. The van der Waals surface area contributed by atoms with Gasteiger partial charge in [-0.3, -0.25) is 4.79 Å². The van der Waals surface area contributed by atoms with Gasteiger partial charge in [0.1, 0.15) is 5.75 Å². The molecule has 122 valence electrons. The van der Waals surface area contributed by atoms with Crippen molar-refractivity contribution in [1.29, 1.82) is 0 Å². The van der Waals surface area contributed by atoms with Gasteiger partial charge in [0.25, 0.3) is 0 Å². The highest BCUT2D eigenvalue weighted by atomic mass is 16.5. The van der Waals surface area contributed by atoms with Crippen LogP contribution in [-0.2, 0) is 11.2 Å². The summed E-state index contributed by atoms with van der Waals surface area (Å²) in [6.07, 6.45) is 5.37. The molecule has 4 heteroatoms.